The Kier molecular flexibility index (Phi) is 6.77. The van der Waals surface area contributed by atoms with Crippen LogP contribution < -0.4 is 4.31 Å². The number of aryl methyl sites for hydroxylation is 1. The van der Waals surface area contributed by atoms with Gasteiger partial charge in [0.15, 0.2) is 11.2 Å². The molecule has 3 heterocycles. The number of hydrogen-bond donors (Lipinski definition) is 1. The van der Waals surface area contributed by atoms with E-state index >= 15 is 0 Å². The fraction of sp³-hybridized carbons (Fsp3) is 0.462. The maximum Gasteiger partial charge on any atom is 0.509 e. The number of carbonyl (C=O) groups excluding carboxylic acids is 2. The summed E-state index contributed by atoms with van der Waals surface area (Å²) in [5.74, 6) is -1.06. The van der Waals surface area contributed by atoms with Gasteiger partial charge >= 0.3 is 12.3 Å². The minimum absolute atomic E-state index is 0.00151. The molecule has 0 aromatic heterocycles. The number of cyclic esters (lactones) is 1. The van der Waals surface area contributed by atoms with Crippen LogP contribution in [0, 0.1) is 5.82 Å². The number of hydrogen-bond acceptors (Lipinski definition) is 7. The Bertz CT molecular complexity index is 1450. The van der Waals surface area contributed by atoms with E-state index in [0.29, 0.717) is 13.3 Å². The summed E-state index contributed by atoms with van der Waals surface area (Å²) in [6.45, 7) is 0.962. The Hall–Kier alpha value is -3.39. The summed E-state index contributed by atoms with van der Waals surface area (Å²) in [6.07, 6.45) is -5.47. The van der Waals surface area contributed by atoms with Crippen LogP contribution in [-0.2, 0) is 36.3 Å². The average Bonchev–Trinajstić information content (AvgIpc) is 3.47. The van der Waals surface area contributed by atoms with E-state index in [1.165, 1.54) is 11.0 Å². The lowest BCUT2D eigenvalue weighted by Crippen LogP contribution is -2.47. The van der Waals surface area contributed by atoms with E-state index in [2.05, 4.69) is 0 Å². The minimum atomic E-state index is -4.98. The van der Waals surface area contributed by atoms with Crippen molar-refractivity contribution in [3.8, 4) is 0 Å². The number of halogens is 4. The van der Waals surface area contributed by atoms with Gasteiger partial charge in [0.05, 0.1) is 23.2 Å². The number of ether oxygens (including phenoxy) is 2. The Morgan fingerprint density at radius 2 is 1.88 bits per heavy atom. The minimum Gasteiger partial charge on any atom is -0.430 e. The standard InChI is InChI=1S/C26H26F4N2O7S/c1-24(35,26(28,29)30)17-3-9-21-16(12-17)2-6-19(32(21)40(36,37)20-7-4-18(27)5-8-20)13-22(33)31-11-10-25(14-31)15-38-23(34)39-25/h3-5,7-9,12,19,35H,2,6,10-11,13-15H2,1H3/t19-,24?,25?/m0/s1. The van der Waals surface area contributed by atoms with Crippen LogP contribution in [0.15, 0.2) is 47.4 Å². The first kappa shape index (κ1) is 28.1. The fourth-order valence-corrected chi connectivity index (χ4v) is 7.07. The molecule has 2 fully saturated rings. The first-order valence-corrected chi connectivity index (χ1v) is 13.9. The number of carbonyl (C=O) groups is 2. The molecule has 216 valence electrons. The van der Waals surface area contributed by atoms with Crippen molar-refractivity contribution in [3.05, 3.63) is 59.4 Å². The molecule has 40 heavy (non-hydrogen) atoms. The van der Waals surface area contributed by atoms with E-state index in [-0.39, 0.29) is 55.1 Å². The van der Waals surface area contributed by atoms with Crippen molar-refractivity contribution in [3.63, 3.8) is 0 Å². The molecule has 14 heteroatoms. The molecule has 0 aliphatic carbocycles. The van der Waals surface area contributed by atoms with E-state index in [4.69, 9.17) is 9.47 Å². The third-order valence-electron chi connectivity index (χ3n) is 7.71. The number of aliphatic hydroxyl groups is 1. The van der Waals surface area contributed by atoms with Crippen LogP contribution in [-0.4, -0.2) is 68.0 Å². The molecule has 1 N–H and O–H groups in total. The second-order valence-electron chi connectivity index (χ2n) is 10.5. The number of sulfonamides is 1. The predicted molar refractivity (Wildman–Crippen MR) is 131 cm³/mol. The van der Waals surface area contributed by atoms with Gasteiger partial charge in [-0.05, 0) is 61.2 Å². The SMILES string of the molecule is CC(O)(c1ccc2c(c1)CC[C@@H](CC(=O)N1CCC3(COC(=O)O3)C1)N2S(=O)(=O)c1ccc(F)cc1)C(F)(F)F. The number of alkyl halides is 3. The average molecular weight is 587 g/mol. The maximum atomic E-state index is 13.8. The molecular weight excluding hydrogens is 560 g/mol. The molecule has 0 saturated carbocycles. The summed E-state index contributed by atoms with van der Waals surface area (Å²) < 4.78 is 92.8. The molecule has 3 aliphatic heterocycles. The van der Waals surface area contributed by atoms with E-state index in [9.17, 15) is 40.7 Å². The van der Waals surface area contributed by atoms with Gasteiger partial charge in [-0.15, -0.1) is 0 Å². The molecule has 9 nitrogen and oxygen atoms in total. The summed E-state index contributed by atoms with van der Waals surface area (Å²) in [7, 11) is -4.39. The molecule has 3 aliphatic rings. The molecule has 2 unspecified atom stereocenters. The fourth-order valence-electron chi connectivity index (χ4n) is 5.35. The normalized spacial score (nSPS) is 24.4. The first-order chi connectivity index (χ1) is 18.6. The number of benzene rings is 2. The van der Waals surface area contributed by atoms with Gasteiger partial charge in [-0.25, -0.2) is 17.6 Å². The van der Waals surface area contributed by atoms with Crippen molar-refractivity contribution in [1.82, 2.24) is 4.90 Å². The van der Waals surface area contributed by atoms with Crippen LogP contribution in [0.3, 0.4) is 0 Å². The number of likely N-dealkylation sites (tertiary alicyclic amines) is 1. The van der Waals surface area contributed by atoms with Crippen molar-refractivity contribution in [1.29, 1.82) is 0 Å². The maximum absolute atomic E-state index is 13.8. The van der Waals surface area contributed by atoms with Crippen molar-refractivity contribution in [2.24, 2.45) is 0 Å². The van der Waals surface area contributed by atoms with Gasteiger partial charge in [-0.3, -0.25) is 9.10 Å². The predicted octanol–water partition coefficient (Wildman–Crippen LogP) is 3.63. The van der Waals surface area contributed by atoms with E-state index in [1.54, 1.807) is 0 Å². The quantitative estimate of drug-likeness (QED) is 0.421. The van der Waals surface area contributed by atoms with Crippen molar-refractivity contribution >= 4 is 27.8 Å². The molecule has 2 saturated heterocycles. The number of nitrogens with zero attached hydrogens (tertiary/aromatic N) is 2. The highest BCUT2D eigenvalue weighted by Crippen LogP contribution is 2.43. The topological polar surface area (TPSA) is 113 Å². The van der Waals surface area contributed by atoms with Gasteiger partial charge in [-0.1, -0.05) is 12.1 Å². The largest absolute Gasteiger partial charge is 0.509 e. The highest BCUT2D eigenvalue weighted by atomic mass is 32.2. The Morgan fingerprint density at radius 3 is 2.50 bits per heavy atom. The Labute approximate surface area is 227 Å². The zero-order valence-electron chi connectivity index (χ0n) is 21.3. The molecule has 1 spiro atoms. The zero-order chi connectivity index (χ0) is 29.1. The molecule has 0 radical (unpaired) electrons. The summed E-state index contributed by atoms with van der Waals surface area (Å²) in [6, 6.07) is 6.46. The summed E-state index contributed by atoms with van der Waals surface area (Å²) in [5, 5.41) is 10.2. The third-order valence-corrected chi connectivity index (χ3v) is 9.59. The Morgan fingerprint density at radius 1 is 1.18 bits per heavy atom. The molecule has 3 atom stereocenters. The van der Waals surface area contributed by atoms with Gasteiger partial charge < -0.3 is 19.5 Å². The monoisotopic (exact) mass is 586 g/mol. The van der Waals surface area contributed by atoms with E-state index in [1.807, 2.05) is 0 Å². The number of rotatable bonds is 5. The second-order valence-corrected chi connectivity index (χ2v) is 12.3. The van der Waals surface area contributed by atoms with Crippen molar-refractivity contribution < 1.29 is 50.1 Å². The molecule has 2 aromatic rings. The lowest BCUT2D eigenvalue weighted by molar-refractivity contribution is -0.258. The number of anilines is 1. The second kappa shape index (κ2) is 9.61. The van der Waals surface area contributed by atoms with Gasteiger partial charge in [0.25, 0.3) is 10.0 Å². The lowest BCUT2D eigenvalue weighted by atomic mass is 9.89. The summed E-state index contributed by atoms with van der Waals surface area (Å²) in [4.78, 5) is 26.0. The molecule has 1 amide bonds. The van der Waals surface area contributed by atoms with Crippen LogP contribution in [0.2, 0.25) is 0 Å². The van der Waals surface area contributed by atoms with Crippen LogP contribution in [0.5, 0.6) is 0 Å². The number of fused-ring (bicyclic) bond motifs is 1. The van der Waals surface area contributed by atoms with Gasteiger partial charge in [0, 0.05) is 19.4 Å². The third kappa shape index (κ3) is 4.87. The number of amides is 1. The molecular formula is C26H26F4N2O7S. The van der Waals surface area contributed by atoms with Crippen molar-refractivity contribution in [2.45, 2.75) is 60.9 Å². The molecule has 5 rings (SSSR count). The lowest BCUT2D eigenvalue weighted by Gasteiger charge is -2.39. The molecule has 0 bridgehead atoms. The zero-order valence-corrected chi connectivity index (χ0v) is 22.1. The van der Waals surface area contributed by atoms with E-state index < -0.39 is 56.9 Å². The highest BCUT2D eigenvalue weighted by molar-refractivity contribution is 7.92. The summed E-state index contributed by atoms with van der Waals surface area (Å²) in [5.41, 5.74) is -4.27. The van der Waals surface area contributed by atoms with Gasteiger partial charge in [0.1, 0.15) is 12.4 Å². The van der Waals surface area contributed by atoms with Gasteiger partial charge in [0.2, 0.25) is 5.91 Å². The van der Waals surface area contributed by atoms with Crippen LogP contribution >= 0.6 is 0 Å². The van der Waals surface area contributed by atoms with E-state index in [0.717, 1.165) is 40.7 Å². The summed E-state index contributed by atoms with van der Waals surface area (Å²) >= 11 is 0. The first-order valence-electron chi connectivity index (χ1n) is 12.5. The highest BCUT2D eigenvalue weighted by Gasteiger charge is 2.52. The van der Waals surface area contributed by atoms with Crippen LogP contribution in [0.25, 0.3) is 0 Å². The van der Waals surface area contributed by atoms with Crippen LogP contribution in [0.1, 0.15) is 37.3 Å². The van der Waals surface area contributed by atoms with Crippen molar-refractivity contribution in [2.75, 3.05) is 24.0 Å². The Balaban J connectivity index is 1.48. The van der Waals surface area contributed by atoms with Crippen LogP contribution in [0.4, 0.5) is 28.0 Å². The van der Waals surface area contributed by atoms with Gasteiger partial charge in [-0.2, -0.15) is 13.2 Å². The smallest absolute Gasteiger partial charge is 0.430 e. The molecule has 2 aromatic carbocycles.